The molecule has 0 aliphatic rings. The van der Waals surface area contributed by atoms with E-state index in [1.54, 1.807) is 17.5 Å². The lowest BCUT2D eigenvalue weighted by atomic mass is 10.6. The quantitative estimate of drug-likeness (QED) is 0.445. The van der Waals surface area contributed by atoms with Crippen molar-refractivity contribution in [3.63, 3.8) is 0 Å². The largest absolute Gasteiger partial charge is 0.440 e. The summed E-state index contributed by atoms with van der Waals surface area (Å²) in [5.41, 5.74) is 0. The lowest BCUT2D eigenvalue weighted by molar-refractivity contribution is -0.0485. The third-order valence-electron chi connectivity index (χ3n) is 1.13. The summed E-state index contributed by atoms with van der Waals surface area (Å²) in [4.78, 5) is 11.0. The van der Waals surface area contributed by atoms with Crippen LogP contribution in [0, 0.1) is 12.3 Å². The average molecular weight is 197 g/mol. The van der Waals surface area contributed by atoms with Crippen LogP contribution < -0.4 is 4.74 Å². The van der Waals surface area contributed by atoms with E-state index in [4.69, 9.17) is 16.4 Å². The Labute approximate surface area is 79.3 Å². The van der Waals surface area contributed by atoms with Crippen LogP contribution in [0.25, 0.3) is 0 Å². The number of hydrogen-bond acceptors (Lipinski definition) is 4. The van der Waals surface area contributed by atoms with Crippen LogP contribution in [-0.4, -0.2) is 22.9 Å². The second kappa shape index (κ2) is 4.50. The van der Waals surface area contributed by atoms with Gasteiger partial charge in [-0.25, -0.2) is 4.79 Å². The number of carbonyl (C=O) groups excluding carboxylic acids is 1. The van der Waals surface area contributed by atoms with Gasteiger partial charge in [0.05, 0.1) is 0 Å². The number of amides is 1. The van der Waals surface area contributed by atoms with Gasteiger partial charge in [-0.3, -0.25) is 5.21 Å². The fourth-order valence-corrected chi connectivity index (χ4v) is 1.18. The highest BCUT2D eigenvalue weighted by atomic mass is 32.1. The molecule has 0 aliphatic carbocycles. The molecule has 0 fully saturated rings. The van der Waals surface area contributed by atoms with E-state index >= 15 is 0 Å². The molecule has 1 amide bonds. The number of hydroxylamine groups is 2. The van der Waals surface area contributed by atoms with Crippen molar-refractivity contribution in [2.24, 2.45) is 0 Å². The summed E-state index contributed by atoms with van der Waals surface area (Å²) in [5, 5.41) is 11.4. The summed E-state index contributed by atoms with van der Waals surface area (Å²) < 4.78 is 4.73. The third-order valence-corrected chi connectivity index (χ3v) is 1.88. The van der Waals surface area contributed by atoms with Crippen molar-refractivity contribution in [2.75, 3.05) is 6.54 Å². The molecule has 0 aliphatic heterocycles. The van der Waals surface area contributed by atoms with Crippen molar-refractivity contribution in [1.82, 2.24) is 5.06 Å². The van der Waals surface area contributed by atoms with Crippen LogP contribution in [0.3, 0.4) is 0 Å². The molecule has 0 spiro atoms. The molecular formula is C8H7NO3S. The molecule has 1 heterocycles. The maximum Gasteiger partial charge on any atom is 0.440 e. The Morgan fingerprint density at radius 3 is 3.15 bits per heavy atom. The lowest BCUT2D eigenvalue weighted by Gasteiger charge is -2.09. The van der Waals surface area contributed by atoms with Crippen LogP contribution in [0.15, 0.2) is 17.5 Å². The highest BCUT2D eigenvalue weighted by Gasteiger charge is 2.11. The lowest BCUT2D eigenvalue weighted by Crippen LogP contribution is -2.30. The highest BCUT2D eigenvalue weighted by Crippen LogP contribution is 2.18. The molecular weight excluding hydrogens is 190 g/mol. The summed E-state index contributed by atoms with van der Waals surface area (Å²) in [6, 6.07) is 3.35. The van der Waals surface area contributed by atoms with Gasteiger partial charge in [-0.15, -0.1) is 17.8 Å². The summed E-state index contributed by atoms with van der Waals surface area (Å²) in [6.07, 6.45) is 4.01. The number of nitrogens with zero attached hydrogens (tertiary/aromatic N) is 1. The molecule has 0 bridgehead atoms. The van der Waals surface area contributed by atoms with E-state index < -0.39 is 6.09 Å². The molecule has 0 unspecified atom stereocenters. The molecule has 1 aromatic rings. The van der Waals surface area contributed by atoms with E-state index in [-0.39, 0.29) is 6.54 Å². The Morgan fingerprint density at radius 2 is 2.62 bits per heavy atom. The van der Waals surface area contributed by atoms with Crippen molar-refractivity contribution >= 4 is 17.4 Å². The number of hydrogen-bond donors (Lipinski definition) is 1. The highest BCUT2D eigenvalue weighted by molar-refractivity contribution is 7.11. The van der Waals surface area contributed by atoms with Gasteiger partial charge in [0.25, 0.3) is 0 Å². The summed E-state index contributed by atoms with van der Waals surface area (Å²) in [7, 11) is 0. The first-order valence-corrected chi connectivity index (χ1v) is 4.27. The maximum absolute atomic E-state index is 11.0. The Hall–Kier alpha value is -1.51. The molecule has 4 nitrogen and oxygen atoms in total. The van der Waals surface area contributed by atoms with Crippen molar-refractivity contribution in [1.29, 1.82) is 0 Å². The van der Waals surface area contributed by atoms with Gasteiger partial charge in [-0.05, 0) is 17.5 Å². The predicted molar refractivity (Wildman–Crippen MR) is 47.7 cm³/mol. The van der Waals surface area contributed by atoms with Crippen molar-refractivity contribution in [2.45, 2.75) is 0 Å². The van der Waals surface area contributed by atoms with Crippen LogP contribution in [0.1, 0.15) is 0 Å². The van der Waals surface area contributed by atoms with Crippen LogP contribution in [0.5, 0.6) is 5.06 Å². The van der Waals surface area contributed by atoms with Crippen LogP contribution in [0.2, 0.25) is 0 Å². The van der Waals surface area contributed by atoms with Crippen molar-refractivity contribution < 1.29 is 14.7 Å². The number of rotatable bonds is 2. The number of ether oxygens (including phenoxy) is 1. The van der Waals surface area contributed by atoms with Gasteiger partial charge in [0.15, 0.2) is 5.06 Å². The van der Waals surface area contributed by atoms with Gasteiger partial charge >= 0.3 is 6.09 Å². The van der Waals surface area contributed by atoms with Crippen LogP contribution in [0.4, 0.5) is 4.79 Å². The summed E-state index contributed by atoms with van der Waals surface area (Å²) in [6.45, 7) is -0.190. The zero-order valence-corrected chi connectivity index (χ0v) is 7.45. The number of carbonyl (C=O) groups is 1. The van der Waals surface area contributed by atoms with E-state index in [1.165, 1.54) is 11.3 Å². The minimum atomic E-state index is -0.875. The molecule has 1 rings (SSSR count). The Morgan fingerprint density at radius 1 is 1.85 bits per heavy atom. The van der Waals surface area contributed by atoms with E-state index in [9.17, 15) is 4.79 Å². The van der Waals surface area contributed by atoms with E-state index in [1.807, 2.05) is 0 Å². The SMILES string of the molecule is C#CCN(O)C(=O)Oc1cccs1. The van der Waals surface area contributed by atoms with Crippen molar-refractivity contribution in [3.05, 3.63) is 17.5 Å². The number of thiophene rings is 1. The van der Waals surface area contributed by atoms with Gasteiger partial charge < -0.3 is 4.74 Å². The molecule has 68 valence electrons. The molecule has 0 atom stereocenters. The van der Waals surface area contributed by atoms with Gasteiger partial charge in [0.2, 0.25) is 0 Å². The van der Waals surface area contributed by atoms with E-state index in [0.29, 0.717) is 10.1 Å². The molecule has 1 N–H and O–H groups in total. The fourth-order valence-electron chi connectivity index (χ4n) is 0.611. The smallest absolute Gasteiger partial charge is 0.398 e. The first-order chi connectivity index (χ1) is 6.24. The molecule has 0 radical (unpaired) electrons. The standard InChI is InChI=1S/C8H7NO3S/c1-2-5-9(11)8(10)12-7-4-3-6-13-7/h1,3-4,6,11H,5H2. The molecule has 1 aromatic heterocycles. The third kappa shape index (κ3) is 2.78. The first-order valence-electron chi connectivity index (χ1n) is 3.39. The van der Waals surface area contributed by atoms with Gasteiger partial charge in [0.1, 0.15) is 6.54 Å². The predicted octanol–water partition coefficient (Wildman–Crippen LogP) is 1.57. The minimum absolute atomic E-state index is 0.190. The number of terminal acetylenes is 1. The average Bonchev–Trinajstić information content (AvgIpc) is 2.57. The summed E-state index contributed by atoms with van der Waals surface area (Å²) >= 11 is 1.25. The molecule has 0 saturated heterocycles. The normalized spacial score (nSPS) is 8.92. The fraction of sp³-hybridized carbons (Fsp3) is 0.125. The van der Waals surface area contributed by atoms with Crippen LogP contribution in [-0.2, 0) is 0 Å². The monoisotopic (exact) mass is 197 g/mol. The van der Waals surface area contributed by atoms with Gasteiger partial charge in [0, 0.05) is 0 Å². The van der Waals surface area contributed by atoms with Crippen LogP contribution >= 0.6 is 11.3 Å². The van der Waals surface area contributed by atoms with E-state index in [2.05, 4.69) is 5.92 Å². The van der Waals surface area contributed by atoms with Gasteiger partial charge in [-0.2, -0.15) is 5.06 Å². The Bertz CT molecular complexity index is 315. The maximum atomic E-state index is 11.0. The summed E-state index contributed by atoms with van der Waals surface area (Å²) in [5.74, 6) is 2.11. The topological polar surface area (TPSA) is 49.8 Å². The Kier molecular flexibility index (Phi) is 3.31. The zero-order chi connectivity index (χ0) is 9.68. The molecule has 0 saturated carbocycles. The molecule has 5 heteroatoms. The van der Waals surface area contributed by atoms with Crippen molar-refractivity contribution in [3.8, 4) is 17.4 Å². The Balaban J connectivity index is 2.47. The van der Waals surface area contributed by atoms with Gasteiger partial charge in [-0.1, -0.05) is 5.92 Å². The second-order valence-corrected chi connectivity index (χ2v) is 2.97. The minimum Gasteiger partial charge on any atom is -0.398 e. The second-order valence-electron chi connectivity index (χ2n) is 2.06. The molecule has 0 aromatic carbocycles. The zero-order valence-electron chi connectivity index (χ0n) is 6.64. The van der Waals surface area contributed by atoms with E-state index in [0.717, 1.165) is 0 Å². The first kappa shape index (κ1) is 9.58. The molecule has 13 heavy (non-hydrogen) atoms.